The summed E-state index contributed by atoms with van der Waals surface area (Å²) in [7, 11) is 0. The van der Waals surface area contributed by atoms with Crippen LogP contribution < -0.4 is 15.0 Å². The summed E-state index contributed by atoms with van der Waals surface area (Å²) in [6, 6.07) is 8.71. The van der Waals surface area contributed by atoms with Gasteiger partial charge in [-0.2, -0.15) is 0 Å². The minimum absolute atomic E-state index is 0.271. The molecule has 0 fully saturated rings. The Morgan fingerprint density at radius 1 is 1.23 bits per heavy atom. The van der Waals surface area contributed by atoms with E-state index in [1.165, 1.54) is 0 Å². The predicted molar refractivity (Wildman–Crippen MR) is 87.7 cm³/mol. The summed E-state index contributed by atoms with van der Waals surface area (Å²) in [5, 5.41) is 3.66. The number of pyridine rings is 1. The number of benzene rings is 1. The highest BCUT2D eigenvalue weighted by molar-refractivity contribution is 6.35. The van der Waals surface area contributed by atoms with Crippen LogP contribution in [0.25, 0.3) is 0 Å². The molecule has 0 radical (unpaired) electrons. The first-order valence-electron chi connectivity index (χ1n) is 6.78. The molecule has 116 valence electrons. The third kappa shape index (κ3) is 4.36. The van der Waals surface area contributed by atoms with Crippen LogP contribution >= 0.6 is 23.2 Å². The minimum atomic E-state index is -0.701. The van der Waals surface area contributed by atoms with Crippen LogP contribution in [-0.4, -0.2) is 12.0 Å². The molecule has 1 amide bonds. The average molecular weight is 340 g/mol. The lowest BCUT2D eigenvalue weighted by atomic mass is 10.2. The van der Waals surface area contributed by atoms with Crippen molar-refractivity contribution >= 4 is 34.9 Å². The van der Waals surface area contributed by atoms with Gasteiger partial charge in [-0.1, -0.05) is 23.2 Å². The number of carbonyl (C=O) groups excluding carboxylic acids is 1. The zero-order chi connectivity index (χ0) is 16.3. The normalized spacial score (nSPS) is 11.9. The van der Waals surface area contributed by atoms with Crippen molar-refractivity contribution < 1.29 is 14.5 Å². The quantitative estimate of drug-likeness (QED) is 0.920. The Kier molecular flexibility index (Phi) is 5.27. The van der Waals surface area contributed by atoms with Crippen LogP contribution in [0.3, 0.4) is 0 Å². The van der Waals surface area contributed by atoms with Gasteiger partial charge in [0, 0.05) is 11.1 Å². The van der Waals surface area contributed by atoms with Gasteiger partial charge in [0.1, 0.15) is 5.75 Å². The Morgan fingerprint density at radius 2 is 1.95 bits per heavy atom. The summed E-state index contributed by atoms with van der Waals surface area (Å²) < 4.78 is 5.58. The largest absolute Gasteiger partial charge is 0.477 e. The molecule has 4 nitrogen and oxygen atoms in total. The predicted octanol–water partition coefficient (Wildman–Crippen LogP) is 3.83. The monoisotopic (exact) mass is 339 g/mol. The van der Waals surface area contributed by atoms with Crippen molar-refractivity contribution in [2.45, 2.75) is 26.9 Å². The second kappa shape index (κ2) is 6.99. The van der Waals surface area contributed by atoms with Crippen LogP contribution in [0.1, 0.15) is 18.2 Å². The fourth-order valence-electron chi connectivity index (χ4n) is 2.01. The molecular weight excluding hydrogens is 323 g/mol. The number of hydrogen-bond acceptors (Lipinski definition) is 2. The van der Waals surface area contributed by atoms with E-state index in [0.717, 1.165) is 11.3 Å². The van der Waals surface area contributed by atoms with Crippen molar-refractivity contribution in [1.29, 1.82) is 0 Å². The molecule has 2 aromatic rings. The van der Waals surface area contributed by atoms with Crippen molar-refractivity contribution in [3.05, 3.63) is 51.6 Å². The molecule has 2 rings (SSSR count). The zero-order valence-electron chi connectivity index (χ0n) is 12.5. The zero-order valence-corrected chi connectivity index (χ0v) is 14.0. The third-order valence-electron chi connectivity index (χ3n) is 2.97. The third-order valence-corrected chi connectivity index (χ3v) is 3.50. The molecule has 22 heavy (non-hydrogen) atoms. The molecule has 0 spiro atoms. The van der Waals surface area contributed by atoms with Gasteiger partial charge in [0.25, 0.3) is 5.82 Å². The molecule has 1 aromatic heterocycles. The van der Waals surface area contributed by atoms with E-state index >= 15 is 0 Å². The van der Waals surface area contributed by atoms with Crippen molar-refractivity contribution in [1.82, 2.24) is 0 Å². The van der Waals surface area contributed by atoms with Crippen molar-refractivity contribution in [2.75, 3.05) is 5.32 Å². The van der Waals surface area contributed by atoms with Crippen LogP contribution in [0.2, 0.25) is 10.0 Å². The van der Waals surface area contributed by atoms with Crippen LogP contribution in [0.4, 0.5) is 5.82 Å². The Morgan fingerprint density at radius 3 is 2.59 bits per heavy atom. The van der Waals surface area contributed by atoms with E-state index in [1.54, 1.807) is 25.1 Å². The SMILES string of the molecule is Cc1cc(C)[nH+]c(NC(=O)C(C)Oc2ccc(Cl)cc2Cl)c1. The van der Waals surface area contributed by atoms with Crippen LogP contribution in [0, 0.1) is 13.8 Å². The number of H-pyrrole nitrogens is 1. The molecule has 1 aromatic carbocycles. The van der Waals surface area contributed by atoms with Gasteiger partial charge in [0.2, 0.25) is 0 Å². The topological polar surface area (TPSA) is 52.5 Å². The number of hydrogen-bond donors (Lipinski definition) is 1. The van der Waals surface area contributed by atoms with Crippen LogP contribution in [-0.2, 0) is 4.79 Å². The second-order valence-corrected chi connectivity index (χ2v) is 5.92. The van der Waals surface area contributed by atoms with Crippen molar-refractivity contribution in [3.8, 4) is 5.75 Å². The lowest BCUT2D eigenvalue weighted by Crippen LogP contribution is -2.32. The molecule has 0 saturated heterocycles. The smallest absolute Gasteiger partial charge is 0.348 e. The second-order valence-electron chi connectivity index (χ2n) is 5.08. The Bertz CT molecular complexity index is 684. The molecule has 0 aliphatic heterocycles. The molecule has 6 heteroatoms. The first-order chi connectivity index (χ1) is 10.3. The summed E-state index contributed by atoms with van der Waals surface area (Å²) in [4.78, 5) is 15.3. The Hall–Kier alpha value is -1.78. The van der Waals surface area contributed by atoms with Gasteiger partial charge in [0.15, 0.2) is 6.10 Å². The van der Waals surface area contributed by atoms with Gasteiger partial charge in [-0.3, -0.25) is 0 Å². The summed E-state index contributed by atoms with van der Waals surface area (Å²) >= 11 is 11.9. The van der Waals surface area contributed by atoms with E-state index in [1.807, 2.05) is 26.0 Å². The van der Waals surface area contributed by atoms with E-state index in [9.17, 15) is 4.79 Å². The van der Waals surface area contributed by atoms with E-state index in [0.29, 0.717) is 21.6 Å². The summed E-state index contributed by atoms with van der Waals surface area (Å²) in [5.41, 5.74) is 2.02. The minimum Gasteiger partial charge on any atom is -0.477 e. The summed E-state index contributed by atoms with van der Waals surface area (Å²) in [6.45, 7) is 5.54. The molecular formula is C16H17Cl2N2O2+. The van der Waals surface area contributed by atoms with Gasteiger partial charge >= 0.3 is 5.91 Å². The number of anilines is 1. The fraction of sp³-hybridized carbons (Fsp3) is 0.250. The molecule has 1 atom stereocenters. The van der Waals surface area contributed by atoms with E-state index in [4.69, 9.17) is 27.9 Å². The number of aryl methyl sites for hydroxylation is 2. The number of aromatic nitrogens is 1. The number of rotatable bonds is 4. The molecule has 1 heterocycles. The van der Waals surface area contributed by atoms with Gasteiger partial charge < -0.3 is 4.74 Å². The summed E-state index contributed by atoms with van der Waals surface area (Å²) in [6.07, 6.45) is -0.701. The van der Waals surface area contributed by atoms with Gasteiger partial charge in [-0.15, -0.1) is 0 Å². The lowest BCUT2D eigenvalue weighted by molar-refractivity contribution is -0.370. The maximum Gasteiger partial charge on any atom is 0.348 e. The van der Waals surface area contributed by atoms with Gasteiger partial charge in [0.05, 0.1) is 10.7 Å². The first-order valence-corrected chi connectivity index (χ1v) is 7.54. The maximum absolute atomic E-state index is 12.2. The van der Waals surface area contributed by atoms with Crippen molar-refractivity contribution in [2.24, 2.45) is 0 Å². The van der Waals surface area contributed by atoms with Gasteiger partial charge in [-0.25, -0.2) is 15.1 Å². The number of ether oxygens (including phenoxy) is 1. The number of carbonyl (C=O) groups is 1. The summed E-state index contributed by atoms with van der Waals surface area (Å²) in [5.74, 6) is 0.769. The van der Waals surface area contributed by atoms with Crippen LogP contribution in [0.5, 0.6) is 5.75 Å². The molecule has 0 saturated carbocycles. The number of nitrogens with one attached hydrogen (secondary N) is 2. The van der Waals surface area contributed by atoms with E-state index in [-0.39, 0.29) is 5.91 Å². The Balaban J connectivity index is 2.05. The molecule has 0 bridgehead atoms. The molecule has 2 N–H and O–H groups in total. The average Bonchev–Trinajstić information content (AvgIpc) is 2.40. The highest BCUT2D eigenvalue weighted by atomic mass is 35.5. The number of aromatic amines is 1. The molecule has 1 unspecified atom stereocenters. The highest BCUT2D eigenvalue weighted by Crippen LogP contribution is 2.28. The number of halogens is 2. The van der Waals surface area contributed by atoms with Gasteiger partial charge in [-0.05, 0) is 50.6 Å². The molecule has 0 aliphatic rings. The maximum atomic E-state index is 12.2. The Labute approximate surface area is 139 Å². The molecule has 0 aliphatic carbocycles. The highest BCUT2D eigenvalue weighted by Gasteiger charge is 2.21. The van der Waals surface area contributed by atoms with Crippen LogP contribution in [0.15, 0.2) is 30.3 Å². The number of amides is 1. The first kappa shape index (κ1) is 16.6. The fourth-order valence-corrected chi connectivity index (χ4v) is 2.46. The van der Waals surface area contributed by atoms with Crippen molar-refractivity contribution in [3.63, 3.8) is 0 Å². The van der Waals surface area contributed by atoms with E-state index in [2.05, 4.69) is 10.3 Å². The lowest BCUT2D eigenvalue weighted by Gasteiger charge is -2.13. The van der Waals surface area contributed by atoms with E-state index < -0.39 is 6.10 Å². The standard InChI is InChI=1S/C16H16Cl2N2O2/c1-9-6-10(2)19-15(7-9)20-16(21)11(3)22-14-5-4-12(17)8-13(14)18/h4-8,11H,1-3H3,(H,19,20,21)/p+1.